The topological polar surface area (TPSA) is 84.1 Å². The van der Waals surface area contributed by atoms with Gasteiger partial charge in [-0.2, -0.15) is 0 Å². The summed E-state index contributed by atoms with van der Waals surface area (Å²) in [6, 6.07) is 2.06. The lowest BCUT2D eigenvalue weighted by Gasteiger charge is -2.35. The van der Waals surface area contributed by atoms with E-state index in [9.17, 15) is 4.79 Å². The molecule has 1 unspecified atom stereocenters. The molecule has 110 valence electrons. The van der Waals surface area contributed by atoms with Crippen molar-refractivity contribution in [3.05, 3.63) is 17.5 Å². The van der Waals surface area contributed by atoms with E-state index in [-0.39, 0.29) is 11.9 Å². The Kier molecular flexibility index (Phi) is 4.89. The van der Waals surface area contributed by atoms with Crippen LogP contribution in [0.5, 0.6) is 0 Å². The summed E-state index contributed by atoms with van der Waals surface area (Å²) in [5.41, 5.74) is 3.57. The van der Waals surface area contributed by atoms with Crippen LogP contribution in [0.4, 0.5) is 5.95 Å². The highest BCUT2D eigenvalue weighted by atomic mass is 16.2. The molecule has 1 amide bonds. The predicted molar refractivity (Wildman–Crippen MR) is 78.2 cm³/mol. The highest BCUT2D eigenvalue weighted by Gasteiger charge is 2.27. The number of likely N-dealkylation sites (tertiary alicyclic amines) is 1. The maximum atomic E-state index is 12.7. The van der Waals surface area contributed by atoms with Gasteiger partial charge in [0.05, 0.1) is 0 Å². The second-order valence-corrected chi connectivity index (χ2v) is 5.30. The molecule has 1 aromatic rings. The summed E-state index contributed by atoms with van der Waals surface area (Å²) in [6.45, 7) is 4.81. The number of carbonyl (C=O) groups excluding carboxylic acids is 1. The highest BCUT2D eigenvalue weighted by Crippen LogP contribution is 2.22. The van der Waals surface area contributed by atoms with Crippen molar-refractivity contribution in [2.24, 2.45) is 5.84 Å². The number of nitrogens with one attached hydrogen (secondary N) is 1. The van der Waals surface area contributed by atoms with Crippen LogP contribution in [0.1, 0.15) is 55.2 Å². The number of amides is 1. The van der Waals surface area contributed by atoms with Crippen LogP contribution < -0.4 is 11.3 Å². The monoisotopic (exact) mass is 277 g/mol. The Labute approximate surface area is 119 Å². The summed E-state index contributed by atoms with van der Waals surface area (Å²) in [7, 11) is 0. The minimum atomic E-state index is -0.00912. The van der Waals surface area contributed by atoms with Crippen molar-refractivity contribution in [1.82, 2.24) is 14.9 Å². The second kappa shape index (κ2) is 6.65. The Morgan fingerprint density at radius 2 is 2.30 bits per heavy atom. The van der Waals surface area contributed by atoms with Crippen molar-refractivity contribution in [2.75, 3.05) is 12.0 Å². The SMILES string of the molecule is CCCC1CCCCN1C(=O)c1cc(C)nc(NN)n1. The molecule has 6 heteroatoms. The van der Waals surface area contributed by atoms with Gasteiger partial charge in [-0.05, 0) is 38.7 Å². The first-order valence-electron chi connectivity index (χ1n) is 7.29. The van der Waals surface area contributed by atoms with Crippen molar-refractivity contribution >= 4 is 11.9 Å². The summed E-state index contributed by atoms with van der Waals surface area (Å²) < 4.78 is 0. The lowest BCUT2D eigenvalue weighted by molar-refractivity contribution is 0.0594. The number of nitrogens with zero attached hydrogens (tertiary/aromatic N) is 3. The molecule has 1 aromatic heterocycles. The average molecular weight is 277 g/mol. The van der Waals surface area contributed by atoms with Gasteiger partial charge in [0, 0.05) is 18.3 Å². The third kappa shape index (κ3) is 3.25. The molecule has 3 N–H and O–H groups in total. The van der Waals surface area contributed by atoms with Crippen LogP contribution in [0.2, 0.25) is 0 Å². The van der Waals surface area contributed by atoms with Crippen LogP contribution in [0.25, 0.3) is 0 Å². The molecule has 6 nitrogen and oxygen atoms in total. The molecule has 1 aliphatic heterocycles. The van der Waals surface area contributed by atoms with Crippen molar-refractivity contribution in [3.8, 4) is 0 Å². The van der Waals surface area contributed by atoms with E-state index in [1.165, 1.54) is 6.42 Å². The molecule has 0 spiro atoms. The van der Waals surface area contributed by atoms with Gasteiger partial charge in [0.25, 0.3) is 5.91 Å². The first-order chi connectivity index (χ1) is 9.65. The van der Waals surface area contributed by atoms with Gasteiger partial charge < -0.3 is 4.90 Å². The number of nitrogen functional groups attached to an aromatic ring is 1. The van der Waals surface area contributed by atoms with E-state index >= 15 is 0 Å². The summed E-state index contributed by atoms with van der Waals surface area (Å²) in [5, 5.41) is 0. The minimum Gasteiger partial charge on any atom is -0.334 e. The van der Waals surface area contributed by atoms with Crippen LogP contribution in [-0.4, -0.2) is 33.4 Å². The van der Waals surface area contributed by atoms with Crippen LogP contribution in [0.3, 0.4) is 0 Å². The third-order valence-electron chi connectivity index (χ3n) is 3.71. The number of aryl methyl sites for hydroxylation is 1. The standard InChI is InChI=1S/C14H23N5O/c1-3-6-11-7-4-5-8-19(11)13(20)12-9-10(2)16-14(17-12)18-15/h9,11H,3-8,15H2,1-2H3,(H,16,17,18). The molecule has 1 atom stereocenters. The lowest BCUT2D eigenvalue weighted by Crippen LogP contribution is -2.44. The second-order valence-electron chi connectivity index (χ2n) is 5.30. The molecule has 0 aliphatic carbocycles. The number of carbonyl (C=O) groups is 1. The van der Waals surface area contributed by atoms with Crippen LogP contribution in [-0.2, 0) is 0 Å². The van der Waals surface area contributed by atoms with Gasteiger partial charge in [0.15, 0.2) is 0 Å². The number of nitrogens with two attached hydrogens (primary N) is 1. The zero-order valence-corrected chi connectivity index (χ0v) is 12.2. The number of hydrogen-bond acceptors (Lipinski definition) is 5. The van der Waals surface area contributed by atoms with E-state index in [2.05, 4.69) is 22.3 Å². The fourth-order valence-corrected chi connectivity index (χ4v) is 2.79. The Bertz CT molecular complexity index is 475. The smallest absolute Gasteiger partial charge is 0.272 e. The van der Waals surface area contributed by atoms with Crippen LogP contribution in [0, 0.1) is 6.92 Å². The van der Waals surface area contributed by atoms with E-state index in [0.717, 1.165) is 37.9 Å². The maximum absolute atomic E-state index is 12.7. The molecule has 20 heavy (non-hydrogen) atoms. The lowest BCUT2D eigenvalue weighted by atomic mass is 9.98. The summed E-state index contributed by atoms with van der Waals surface area (Å²) in [6.07, 6.45) is 5.50. The number of anilines is 1. The van der Waals surface area contributed by atoms with Crippen LogP contribution >= 0.6 is 0 Å². The fourth-order valence-electron chi connectivity index (χ4n) is 2.79. The molecule has 0 aromatic carbocycles. The molecular formula is C14H23N5O. The van der Waals surface area contributed by atoms with Crippen molar-refractivity contribution in [3.63, 3.8) is 0 Å². The van der Waals surface area contributed by atoms with Crippen LogP contribution in [0.15, 0.2) is 6.07 Å². The van der Waals surface area contributed by atoms with Crippen molar-refractivity contribution in [2.45, 2.75) is 52.0 Å². The Balaban J connectivity index is 2.22. The van der Waals surface area contributed by atoms with Gasteiger partial charge in [0.1, 0.15) is 5.69 Å². The number of hydrazine groups is 1. The van der Waals surface area contributed by atoms with E-state index < -0.39 is 0 Å². The van der Waals surface area contributed by atoms with E-state index in [4.69, 9.17) is 5.84 Å². The number of aromatic nitrogens is 2. The summed E-state index contributed by atoms with van der Waals surface area (Å²) in [5.74, 6) is 5.62. The third-order valence-corrected chi connectivity index (χ3v) is 3.71. The molecule has 1 aliphatic rings. The molecule has 0 saturated carbocycles. The normalized spacial score (nSPS) is 18.9. The summed E-state index contributed by atoms with van der Waals surface area (Å²) >= 11 is 0. The Morgan fingerprint density at radius 3 is 3.00 bits per heavy atom. The molecular weight excluding hydrogens is 254 g/mol. The maximum Gasteiger partial charge on any atom is 0.272 e. The molecule has 2 rings (SSSR count). The number of rotatable bonds is 4. The highest BCUT2D eigenvalue weighted by molar-refractivity contribution is 5.93. The van der Waals surface area contributed by atoms with Gasteiger partial charge in [-0.3, -0.25) is 10.2 Å². The molecule has 1 saturated heterocycles. The largest absolute Gasteiger partial charge is 0.334 e. The first kappa shape index (κ1) is 14.7. The van der Waals surface area contributed by atoms with E-state index in [1.807, 2.05) is 11.8 Å². The average Bonchev–Trinajstić information content (AvgIpc) is 2.46. The molecule has 1 fully saturated rings. The van der Waals surface area contributed by atoms with Gasteiger partial charge in [-0.25, -0.2) is 15.8 Å². The summed E-state index contributed by atoms with van der Waals surface area (Å²) in [4.78, 5) is 22.9. The minimum absolute atomic E-state index is 0.00912. The number of piperidine rings is 1. The fraction of sp³-hybridized carbons (Fsp3) is 0.643. The molecule has 0 radical (unpaired) electrons. The van der Waals surface area contributed by atoms with Gasteiger partial charge >= 0.3 is 0 Å². The zero-order chi connectivity index (χ0) is 14.5. The van der Waals surface area contributed by atoms with Gasteiger partial charge in [-0.1, -0.05) is 13.3 Å². The predicted octanol–water partition coefficient (Wildman–Crippen LogP) is 1.87. The Hall–Kier alpha value is -1.69. The van der Waals surface area contributed by atoms with E-state index in [0.29, 0.717) is 11.7 Å². The molecule has 2 heterocycles. The zero-order valence-electron chi connectivity index (χ0n) is 12.2. The van der Waals surface area contributed by atoms with Crippen molar-refractivity contribution in [1.29, 1.82) is 0 Å². The first-order valence-corrected chi connectivity index (χ1v) is 7.29. The van der Waals surface area contributed by atoms with Gasteiger partial charge in [-0.15, -0.1) is 0 Å². The Morgan fingerprint density at radius 1 is 1.50 bits per heavy atom. The van der Waals surface area contributed by atoms with Gasteiger partial charge in [0.2, 0.25) is 5.95 Å². The molecule has 0 bridgehead atoms. The quantitative estimate of drug-likeness (QED) is 0.648. The number of hydrogen-bond donors (Lipinski definition) is 2. The van der Waals surface area contributed by atoms with Crippen molar-refractivity contribution < 1.29 is 4.79 Å². The van der Waals surface area contributed by atoms with E-state index in [1.54, 1.807) is 6.07 Å².